The highest BCUT2D eigenvalue weighted by molar-refractivity contribution is 7.20. The molecule has 104 valence electrons. The van der Waals surface area contributed by atoms with Crippen LogP contribution in [0.4, 0.5) is 5.13 Å². The summed E-state index contributed by atoms with van der Waals surface area (Å²) < 4.78 is 3.89. The molecule has 1 aliphatic rings. The summed E-state index contributed by atoms with van der Waals surface area (Å²) in [6, 6.07) is 2.45. The average Bonchev–Trinajstić information content (AvgIpc) is 3.12. The van der Waals surface area contributed by atoms with E-state index >= 15 is 0 Å². The number of anilines is 1. The minimum absolute atomic E-state index is 0.479. The van der Waals surface area contributed by atoms with Gasteiger partial charge in [-0.1, -0.05) is 11.3 Å². The molecule has 4 heterocycles. The molecule has 3 aromatic heterocycles. The van der Waals surface area contributed by atoms with Crippen molar-refractivity contribution in [1.29, 1.82) is 0 Å². The minimum atomic E-state index is 0.479. The van der Waals surface area contributed by atoms with Crippen LogP contribution in [0.25, 0.3) is 4.96 Å². The van der Waals surface area contributed by atoms with Crippen LogP contribution in [0.15, 0.2) is 24.7 Å². The van der Waals surface area contributed by atoms with E-state index in [2.05, 4.69) is 20.1 Å². The lowest BCUT2D eigenvalue weighted by molar-refractivity contribution is 0.508. The molecule has 3 aromatic rings. The number of imidazole rings is 1. The fraction of sp³-hybridized carbons (Fsp3) is 0.462. The first kappa shape index (κ1) is 11.9. The number of nitrogens with zero attached hydrogens (tertiary/aromatic N) is 6. The lowest BCUT2D eigenvalue weighted by atomic mass is 10.2. The van der Waals surface area contributed by atoms with Gasteiger partial charge in [-0.3, -0.25) is 4.68 Å². The molecule has 7 heteroatoms. The van der Waals surface area contributed by atoms with E-state index < -0.39 is 0 Å². The third-order valence-electron chi connectivity index (χ3n) is 3.73. The first-order valence-corrected chi connectivity index (χ1v) is 7.68. The van der Waals surface area contributed by atoms with E-state index in [1.54, 1.807) is 11.3 Å². The molecule has 0 N–H and O–H groups in total. The van der Waals surface area contributed by atoms with Crippen molar-refractivity contribution in [2.75, 3.05) is 11.4 Å². The Balaban J connectivity index is 1.60. The van der Waals surface area contributed by atoms with Crippen molar-refractivity contribution in [2.24, 2.45) is 0 Å². The van der Waals surface area contributed by atoms with Gasteiger partial charge in [0.2, 0.25) is 10.1 Å². The van der Waals surface area contributed by atoms with Crippen LogP contribution in [0.2, 0.25) is 0 Å². The van der Waals surface area contributed by atoms with Gasteiger partial charge in [-0.05, 0) is 25.8 Å². The molecule has 0 spiro atoms. The van der Waals surface area contributed by atoms with E-state index in [1.807, 2.05) is 40.8 Å². The fourth-order valence-electron chi connectivity index (χ4n) is 2.82. The highest BCUT2D eigenvalue weighted by Gasteiger charge is 2.28. The van der Waals surface area contributed by atoms with Gasteiger partial charge < -0.3 is 4.90 Å². The van der Waals surface area contributed by atoms with Gasteiger partial charge in [0.05, 0.1) is 24.5 Å². The van der Waals surface area contributed by atoms with Crippen molar-refractivity contribution in [1.82, 2.24) is 24.4 Å². The van der Waals surface area contributed by atoms with Crippen LogP contribution in [0.5, 0.6) is 0 Å². The monoisotopic (exact) mass is 288 g/mol. The van der Waals surface area contributed by atoms with E-state index in [0.29, 0.717) is 6.04 Å². The normalized spacial score (nSPS) is 19.2. The van der Waals surface area contributed by atoms with Gasteiger partial charge in [0.1, 0.15) is 0 Å². The van der Waals surface area contributed by atoms with Gasteiger partial charge in [0.25, 0.3) is 0 Å². The van der Waals surface area contributed by atoms with Crippen LogP contribution < -0.4 is 4.90 Å². The number of aromatic nitrogens is 5. The third-order valence-corrected chi connectivity index (χ3v) is 4.69. The predicted molar refractivity (Wildman–Crippen MR) is 78.2 cm³/mol. The maximum atomic E-state index is 4.66. The van der Waals surface area contributed by atoms with Gasteiger partial charge >= 0.3 is 0 Å². The Hall–Kier alpha value is -1.89. The summed E-state index contributed by atoms with van der Waals surface area (Å²) in [6.07, 6.45) is 8.25. The number of rotatable bonds is 3. The molecule has 1 saturated heterocycles. The highest BCUT2D eigenvalue weighted by atomic mass is 32.1. The summed E-state index contributed by atoms with van der Waals surface area (Å²) in [5.74, 6) is 0. The molecular formula is C13H16N6S. The fourth-order valence-corrected chi connectivity index (χ4v) is 3.84. The summed E-state index contributed by atoms with van der Waals surface area (Å²) in [6.45, 7) is 3.99. The molecule has 0 aromatic carbocycles. The zero-order valence-electron chi connectivity index (χ0n) is 11.3. The smallest absolute Gasteiger partial charge is 0.214 e. The maximum absolute atomic E-state index is 4.66. The van der Waals surface area contributed by atoms with Crippen LogP contribution in [-0.4, -0.2) is 37.0 Å². The number of hydrogen-bond donors (Lipinski definition) is 0. The van der Waals surface area contributed by atoms with Crippen molar-refractivity contribution in [2.45, 2.75) is 32.4 Å². The molecule has 20 heavy (non-hydrogen) atoms. The Morgan fingerprint density at radius 2 is 2.40 bits per heavy atom. The third kappa shape index (κ3) is 1.98. The van der Waals surface area contributed by atoms with Gasteiger partial charge in [-0.25, -0.2) is 9.50 Å². The molecule has 0 radical (unpaired) electrons. The first-order chi connectivity index (χ1) is 9.79. The van der Waals surface area contributed by atoms with Crippen LogP contribution in [0.3, 0.4) is 0 Å². The second-order valence-corrected chi connectivity index (χ2v) is 6.15. The lowest BCUT2D eigenvalue weighted by Gasteiger charge is -2.23. The molecule has 0 aliphatic carbocycles. The molecule has 0 saturated carbocycles. The summed E-state index contributed by atoms with van der Waals surface area (Å²) in [4.78, 5) is 7.85. The molecule has 6 nitrogen and oxygen atoms in total. The van der Waals surface area contributed by atoms with Crippen molar-refractivity contribution in [3.8, 4) is 0 Å². The van der Waals surface area contributed by atoms with Gasteiger partial charge in [0, 0.05) is 18.9 Å². The SMILES string of the molecule is Cc1cn2nc(N3CCC[C@@H]3Cn3cccn3)sc2n1. The highest BCUT2D eigenvalue weighted by Crippen LogP contribution is 2.30. The van der Waals surface area contributed by atoms with Crippen molar-refractivity contribution < 1.29 is 0 Å². The molecule has 0 amide bonds. The van der Waals surface area contributed by atoms with E-state index in [1.165, 1.54) is 12.8 Å². The predicted octanol–water partition coefficient (Wildman–Crippen LogP) is 1.96. The topological polar surface area (TPSA) is 51.2 Å². The van der Waals surface area contributed by atoms with Crippen LogP contribution in [0.1, 0.15) is 18.5 Å². The summed E-state index contributed by atoms with van der Waals surface area (Å²) in [7, 11) is 0. The average molecular weight is 288 g/mol. The summed E-state index contributed by atoms with van der Waals surface area (Å²) >= 11 is 1.67. The van der Waals surface area contributed by atoms with Gasteiger partial charge in [-0.15, -0.1) is 5.10 Å². The number of fused-ring (bicyclic) bond motifs is 1. The van der Waals surface area contributed by atoms with Crippen molar-refractivity contribution >= 4 is 21.4 Å². The van der Waals surface area contributed by atoms with Crippen molar-refractivity contribution in [3.63, 3.8) is 0 Å². The van der Waals surface area contributed by atoms with Gasteiger partial charge in [-0.2, -0.15) is 5.10 Å². The maximum Gasteiger partial charge on any atom is 0.214 e. The molecule has 1 fully saturated rings. The zero-order valence-corrected chi connectivity index (χ0v) is 12.1. The second-order valence-electron chi connectivity index (χ2n) is 5.21. The molecule has 0 unspecified atom stereocenters. The Kier molecular flexibility index (Phi) is 2.73. The van der Waals surface area contributed by atoms with Crippen LogP contribution >= 0.6 is 11.3 Å². The number of hydrogen-bond acceptors (Lipinski definition) is 5. The molecule has 4 rings (SSSR count). The Bertz CT molecular complexity index is 681. The Morgan fingerprint density at radius 1 is 1.45 bits per heavy atom. The van der Waals surface area contributed by atoms with Gasteiger partial charge in [0.15, 0.2) is 0 Å². The quantitative estimate of drug-likeness (QED) is 0.739. The largest absolute Gasteiger partial charge is 0.342 e. The molecule has 0 bridgehead atoms. The van der Waals surface area contributed by atoms with Crippen LogP contribution in [-0.2, 0) is 6.54 Å². The standard InChI is InChI=1S/C13H16N6S/c1-10-8-19-12(15-10)20-13(16-19)18-7-2-4-11(18)9-17-6-3-5-14-17/h3,5-6,8,11H,2,4,7,9H2,1H3/t11-/m1/s1. The van der Waals surface area contributed by atoms with Crippen LogP contribution in [0, 0.1) is 6.92 Å². The Morgan fingerprint density at radius 3 is 3.20 bits per heavy atom. The van der Waals surface area contributed by atoms with E-state index in [9.17, 15) is 0 Å². The van der Waals surface area contributed by atoms with E-state index in [0.717, 1.165) is 28.9 Å². The molecule has 1 aliphatic heterocycles. The minimum Gasteiger partial charge on any atom is -0.342 e. The van der Waals surface area contributed by atoms with Crippen molar-refractivity contribution in [3.05, 3.63) is 30.4 Å². The number of aryl methyl sites for hydroxylation is 1. The Labute approximate surface area is 120 Å². The molecular weight excluding hydrogens is 272 g/mol. The zero-order chi connectivity index (χ0) is 13.5. The summed E-state index contributed by atoms with van der Waals surface area (Å²) in [5.41, 5.74) is 1.02. The van der Waals surface area contributed by atoms with E-state index in [4.69, 9.17) is 0 Å². The lowest BCUT2D eigenvalue weighted by Crippen LogP contribution is -2.33. The van der Waals surface area contributed by atoms with E-state index in [-0.39, 0.29) is 0 Å². The second kappa shape index (κ2) is 4.59. The summed E-state index contributed by atoms with van der Waals surface area (Å²) in [5, 5.41) is 10.0. The first-order valence-electron chi connectivity index (χ1n) is 6.86. The molecule has 1 atom stereocenters.